The number of halogens is 1. The predicted octanol–water partition coefficient (Wildman–Crippen LogP) is 5.00. The summed E-state index contributed by atoms with van der Waals surface area (Å²) in [6, 6.07) is 10.7. The average Bonchev–Trinajstić information content (AvgIpc) is 2.38. The maximum atomic E-state index is 6.40. The maximum absolute atomic E-state index is 6.40. The Morgan fingerprint density at radius 1 is 1.24 bits per heavy atom. The molecule has 21 heavy (non-hydrogen) atoms. The summed E-state index contributed by atoms with van der Waals surface area (Å²) in [5.74, 6) is 0. The lowest BCUT2D eigenvalue weighted by Gasteiger charge is -2.14. The van der Waals surface area contributed by atoms with Crippen LogP contribution >= 0.6 is 23.4 Å². The molecule has 0 atom stereocenters. The van der Waals surface area contributed by atoms with E-state index in [1.54, 1.807) is 11.8 Å². The van der Waals surface area contributed by atoms with Crippen molar-refractivity contribution in [3.63, 3.8) is 0 Å². The van der Waals surface area contributed by atoms with Gasteiger partial charge in [0.15, 0.2) is 0 Å². The fourth-order valence-electron chi connectivity index (χ4n) is 2.08. The molecule has 0 saturated carbocycles. The van der Waals surface area contributed by atoms with Gasteiger partial charge in [-0.15, -0.1) is 0 Å². The van der Waals surface area contributed by atoms with Crippen LogP contribution in [0.5, 0.6) is 0 Å². The quantitative estimate of drug-likeness (QED) is 0.839. The Bertz CT molecular complexity index is 606. The van der Waals surface area contributed by atoms with Crippen LogP contribution in [0.1, 0.15) is 30.7 Å². The van der Waals surface area contributed by atoms with Crippen molar-refractivity contribution in [1.82, 2.24) is 10.3 Å². The molecule has 2 aromatic rings. The Labute approximate surface area is 136 Å². The van der Waals surface area contributed by atoms with Gasteiger partial charge in [0.2, 0.25) is 0 Å². The zero-order valence-electron chi connectivity index (χ0n) is 12.9. The lowest BCUT2D eigenvalue weighted by Crippen LogP contribution is -2.22. The first-order valence-corrected chi connectivity index (χ1v) is 8.29. The maximum Gasteiger partial charge on any atom is 0.101 e. The summed E-state index contributed by atoms with van der Waals surface area (Å²) < 4.78 is 0. The zero-order valence-corrected chi connectivity index (χ0v) is 14.5. The highest BCUT2D eigenvalue weighted by Crippen LogP contribution is 2.35. The summed E-state index contributed by atoms with van der Waals surface area (Å²) in [5.41, 5.74) is 3.47. The van der Waals surface area contributed by atoms with Crippen LogP contribution < -0.4 is 5.32 Å². The van der Waals surface area contributed by atoms with E-state index in [4.69, 9.17) is 11.6 Å². The normalized spacial score (nSPS) is 11.1. The summed E-state index contributed by atoms with van der Waals surface area (Å²) in [4.78, 5) is 5.68. The number of nitrogens with zero attached hydrogens (tertiary/aromatic N) is 1. The van der Waals surface area contributed by atoms with Crippen LogP contribution in [0.15, 0.2) is 40.3 Å². The number of hydrogen-bond acceptors (Lipinski definition) is 3. The van der Waals surface area contributed by atoms with Crippen LogP contribution in [-0.4, -0.2) is 11.0 Å². The van der Waals surface area contributed by atoms with E-state index < -0.39 is 0 Å². The second kappa shape index (κ2) is 7.30. The molecular weight excluding hydrogens is 300 g/mol. The number of aryl methyl sites for hydroxylation is 2. The summed E-state index contributed by atoms with van der Waals surface area (Å²) in [6.45, 7) is 9.20. The lowest BCUT2D eigenvalue weighted by atomic mass is 10.2. The van der Waals surface area contributed by atoms with Crippen molar-refractivity contribution >= 4 is 23.4 Å². The Kier molecular flexibility index (Phi) is 5.68. The smallest absolute Gasteiger partial charge is 0.101 e. The fourth-order valence-corrected chi connectivity index (χ4v) is 3.47. The molecule has 0 fully saturated rings. The molecule has 1 aromatic carbocycles. The van der Waals surface area contributed by atoms with E-state index in [-0.39, 0.29) is 0 Å². The summed E-state index contributed by atoms with van der Waals surface area (Å²) >= 11 is 8.04. The molecule has 2 nitrogen and oxygen atoms in total. The molecule has 0 aliphatic heterocycles. The molecule has 2 rings (SSSR count). The van der Waals surface area contributed by atoms with E-state index >= 15 is 0 Å². The molecule has 0 amide bonds. The van der Waals surface area contributed by atoms with E-state index in [0.29, 0.717) is 6.04 Å². The molecule has 0 spiro atoms. The number of aromatic nitrogens is 1. The fraction of sp³-hybridized carbons (Fsp3) is 0.353. The Morgan fingerprint density at radius 3 is 2.67 bits per heavy atom. The van der Waals surface area contributed by atoms with Gasteiger partial charge in [-0.25, -0.2) is 4.98 Å². The first-order chi connectivity index (χ1) is 9.95. The highest BCUT2D eigenvalue weighted by Gasteiger charge is 2.10. The highest BCUT2D eigenvalue weighted by molar-refractivity contribution is 7.99. The third kappa shape index (κ3) is 4.73. The van der Waals surface area contributed by atoms with E-state index in [0.717, 1.165) is 27.2 Å². The van der Waals surface area contributed by atoms with Crippen molar-refractivity contribution in [3.8, 4) is 0 Å². The van der Waals surface area contributed by atoms with Crippen molar-refractivity contribution < 1.29 is 0 Å². The molecule has 0 radical (unpaired) electrons. The zero-order chi connectivity index (χ0) is 15.4. The third-order valence-corrected chi connectivity index (χ3v) is 4.56. The second-order valence-electron chi connectivity index (χ2n) is 5.49. The number of benzene rings is 1. The van der Waals surface area contributed by atoms with Crippen LogP contribution in [0, 0.1) is 13.8 Å². The molecule has 0 bridgehead atoms. The number of rotatable bonds is 5. The topological polar surface area (TPSA) is 24.9 Å². The van der Waals surface area contributed by atoms with Gasteiger partial charge in [-0.1, -0.05) is 49.3 Å². The first-order valence-electron chi connectivity index (χ1n) is 7.09. The molecule has 112 valence electrons. The largest absolute Gasteiger partial charge is 0.310 e. The van der Waals surface area contributed by atoms with Gasteiger partial charge in [-0.05, 0) is 43.2 Å². The van der Waals surface area contributed by atoms with Crippen molar-refractivity contribution in [2.24, 2.45) is 0 Å². The molecular formula is C17H21ClN2S. The Morgan fingerprint density at radius 2 is 2.00 bits per heavy atom. The second-order valence-corrected chi connectivity index (χ2v) is 6.93. The van der Waals surface area contributed by atoms with Crippen molar-refractivity contribution in [3.05, 3.63) is 52.2 Å². The van der Waals surface area contributed by atoms with Crippen LogP contribution in [0.25, 0.3) is 0 Å². The van der Waals surface area contributed by atoms with Gasteiger partial charge in [-0.3, -0.25) is 0 Å². The van der Waals surface area contributed by atoms with Gasteiger partial charge in [0.1, 0.15) is 5.03 Å². The molecule has 1 heterocycles. The average molecular weight is 321 g/mol. The molecule has 0 aliphatic rings. The number of pyridine rings is 1. The van der Waals surface area contributed by atoms with Gasteiger partial charge in [0.25, 0.3) is 0 Å². The van der Waals surface area contributed by atoms with E-state index in [1.807, 2.05) is 19.1 Å². The standard InChI is InChI=1S/C17H21ClN2S/c1-11(2)19-10-14-6-5-7-15(18)17(14)21-16-9-12(3)8-13(4)20-16/h5-9,11,19H,10H2,1-4H3. The van der Waals surface area contributed by atoms with Crippen LogP contribution in [0.2, 0.25) is 5.02 Å². The van der Waals surface area contributed by atoms with Crippen molar-refractivity contribution in [2.75, 3.05) is 0 Å². The summed E-state index contributed by atoms with van der Waals surface area (Å²) in [5, 5.41) is 5.22. The Hall–Kier alpha value is -1.03. The molecule has 0 saturated heterocycles. The molecule has 0 aliphatic carbocycles. The number of nitrogens with one attached hydrogen (secondary N) is 1. The number of hydrogen-bond donors (Lipinski definition) is 1. The van der Waals surface area contributed by atoms with Crippen LogP contribution in [0.4, 0.5) is 0 Å². The minimum Gasteiger partial charge on any atom is -0.310 e. The van der Waals surface area contributed by atoms with E-state index in [9.17, 15) is 0 Å². The minimum absolute atomic E-state index is 0.446. The van der Waals surface area contributed by atoms with Gasteiger partial charge in [0.05, 0.1) is 5.02 Å². The SMILES string of the molecule is Cc1cc(C)nc(Sc2c(Cl)cccc2CNC(C)C)c1. The van der Waals surface area contributed by atoms with Gasteiger partial charge in [-0.2, -0.15) is 0 Å². The van der Waals surface area contributed by atoms with Crippen molar-refractivity contribution in [1.29, 1.82) is 0 Å². The van der Waals surface area contributed by atoms with Gasteiger partial charge < -0.3 is 5.32 Å². The van der Waals surface area contributed by atoms with Crippen LogP contribution in [0.3, 0.4) is 0 Å². The molecule has 0 unspecified atom stereocenters. The van der Waals surface area contributed by atoms with Crippen LogP contribution in [-0.2, 0) is 6.54 Å². The Balaban J connectivity index is 2.29. The van der Waals surface area contributed by atoms with Gasteiger partial charge in [0, 0.05) is 23.2 Å². The monoisotopic (exact) mass is 320 g/mol. The molecule has 4 heteroatoms. The highest BCUT2D eigenvalue weighted by atomic mass is 35.5. The van der Waals surface area contributed by atoms with E-state index in [1.165, 1.54) is 11.1 Å². The predicted molar refractivity (Wildman–Crippen MR) is 91.3 cm³/mol. The van der Waals surface area contributed by atoms with E-state index in [2.05, 4.69) is 49.3 Å². The van der Waals surface area contributed by atoms with Gasteiger partial charge >= 0.3 is 0 Å². The first kappa shape index (κ1) is 16.3. The molecule has 1 N–H and O–H groups in total. The minimum atomic E-state index is 0.446. The third-order valence-electron chi connectivity index (χ3n) is 3.03. The summed E-state index contributed by atoms with van der Waals surface area (Å²) in [7, 11) is 0. The van der Waals surface area contributed by atoms with Crippen molar-refractivity contribution in [2.45, 2.75) is 50.2 Å². The lowest BCUT2D eigenvalue weighted by molar-refractivity contribution is 0.585. The molecule has 1 aromatic heterocycles. The summed E-state index contributed by atoms with van der Waals surface area (Å²) in [6.07, 6.45) is 0.